The van der Waals surface area contributed by atoms with Crippen molar-refractivity contribution in [2.45, 2.75) is 25.2 Å². The number of carbonyl (C=O) groups is 1. The van der Waals surface area contributed by atoms with E-state index < -0.39 is 0 Å². The summed E-state index contributed by atoms with van der Waals surface area (Å²) in [6.07, 6.45) is 1.91. The number of carbonyl (C=O) groups excluding carboxylic acids is 1. The second kappa shape index (κ2) is 4.12. The zero-order valence-corrected chi connectivity index (χ0v) is 9.62. The monoisotopic (exact) mass is 215 g/mol. The summed E-state index contributed by atoms with van der Waals surface area (Å²) in [4.78, 5) is 12.1. The number of hydrogen-bond donors (Lipinski definition) is 1. The Labute approximate surface area is 96.4 Å². The van der Waals surface area contributed by atoms with Crippen LogP contribution in [0.4, 0.5) is 0 Å². The first-order valence-corrected chi connectivity index (χ1v) is 5.63. The lowest BCUT2D eigenvalue weighted by molar-refractivity contribution is -0.123. The van der Waals surface area contributed by atoms with Crippen LogP contribution >= 0.6 is 0 Å². The van der Waals surface area contributed by atoms with E-state index in [0.717, 1.165) is 24.0 Å². The van der Waals surface area contributed by atoms with Crippen LogP contribution in [0.15, 0.2) is 42.5 Å². The highest BCUT2D eigenvalue weighted by molar-refractivity contribution is 5.91. The Balaban J connectivity index is 2.09. The average molecular weight is 215 g/mol. The van der Waals surface area contributed by atoms with E-state index in [4.69, 9.17) is 0 Å². The van der Waals surface area contributed by atoms with Crippen LogP contribution < -0.4 is 5.32 Å². The first-order chi connectivity index (χ1) is 7.65. The number of benzene rings is 1. The molecule has 16 heavy (non-hydrogen) atoms. The van der Waals surface area contributed by atoms with Crippen LogP contribution in [0.2, 0.25) is 0 Å². The fourth-order valence-corrected chi connectivity index (χ4v) is 1.93. The zero-order chi connectivity index (χ0) is 11.6. The van der Waals surface area contributed by atoms with Gasteiger partial charge in [-0.3, -0.25) is 4.79 Å². The minimum Gasteiger partial charge on any atom is -0.352 e. The molecule has 0 saturated heterocycles. The van der Waals surface area contributed by atoms with E-state index in [-0.39, 0.29) is 11.3 Å². The lowest BCUT2D eigenvalue weighted by Gasteiger charge is -2.15. The van der Waals surface area contributed by atoms with E-state index in [2.05, 4.69) is 11.9 Å². The van der Waals surface area contributed by atoms with Crippen LogP contribution in [0, 0.1) is 0 Å². The smallest absolute Gasteiger partial charge is 0.230 e. The minimum absolute atomic E-state index is 0.140. The van der Waals surface area contributed by atoms with E-state index >= 15 is 0 Å². The predicted octanol–water partition coefficient (Wildman–Crippen LogP) is 2.41. The molecular formula is C14H17NO. The molecule has 0 radical (unpaired) electrons. The summed E-state index contributed by atoms with van der Waals surface area (Å²) < 4.78 is 0. The summed E-state index contributed by atoms with van der Waals surface area (Å²) in [5, 5.41) is 2.94. The van der Waals surface area contributed by atoms with Gasteiger partial charge >= 0.3 is 0 Å². The van der Waals surface area contributed by atoms with Gasteiger partial charge in [0.05, 0.1) is 5.41 Å². The fourth-order valence-electron chi connectivity index (χ4n) is 1.93. The van der Waals surface area contributed by atoms with Gasteiger partial charge in [0.25, 0.3) is 0 Å². The van der Waals surface area contributed by atoms with Crippen LogP contribution in [0.25, 0.3) is 0 Å². The summed E-state index contributed by atoms with van der Waals surface area (Å²) in [5.74, 6) is 0.140. The summed E-state index contributed by atoms with van der Waals surface area (Å²) >= 11 is 0. The molecule has 1 saturated carbocycles. The second-order valence-corrected chi connectivity index (χ2v) is 4.59. The first kappa shape index (κ1) is 10.9. The van der Waals surface area contributed by atoms with Gasteiger partial charge in [0.1, 0.15) is 0 Å². The fraction of sp³-hybridized carbons (Fsp3) is 0.357. The van der Waals surface area contributed by atoms with Crippen molar-refractivity contribution in [3.05, 3.63) is 48.0 Å². The second-order valence-electron chi connectivity index (χ2n) is 4.59. The molecule has 84 valence electrons. The van der Waals surface area contributed by atoms with Gasteiger partial charge < -0.3 is 5.32 Å². The number of nitrogens with one attached hydrogen (secondary N) is 1. The molecule has 0 spiro atoms. The van der Waals surface area contributed by atoms with Crippen LogP contribution in [-0.4, -0.2) is 12.5 Å². The van der Waals surface area contributed by atoms with Gasteiger partial charge in [0.2, 0.25) is 5.91 Å². The molecule has 0 aliphatic heterocycles. The molecule has 0 heterocycles. The maximum atomic E-state index is 12.1. The van der Waals surface area contributed by atoms with Gasteiger partial charge in [-0.2, -0.15) is 0 Å². The molecule has 1 aromatic carbocycles. The van der Waals surface area contributed by atoms with Crippen LogP contribution in [0.3, 0.4) is 0 Å². The Morgan fingerprint density at radius 1 is 1.38 bits per heavy atom. The Morgan fingerprint density at radius 3 is 2.50 bits per heavy atom. The van der Waals surface area contributed by atoms with Crippen molar-refractivity contribution in [1.82, 2.24) is 5.32 Å². The molecule has 1 fully saturated rings. The molecule has 2 heteroatoms. The van der Waals surface area contributed by atoms with Crippen molar-refractivity contribution in [2.24, 2.45) is 0 Å². The van der Waals surface area contributed by atoms with Crippen LogP contribution in [0.1, 0.15) is 25.3 Å². The van der Waals surface area contributed by atoms with E-state index in [9.17, 15) is 4.79 Å². The zero-order valence-electron chi connectivity index (χ0n) is 9.62. The molecule has 1 aliphatic rings. The first-order valence-electron chi connectivity index (χ1n) is 5.63. The van der Waals surface area contributed by atoms with Crippen molar-refractivity contribution >= 4 is 5.91 Å². The third-order valence-corrected chi connectivity index (χ3v) is 3.06. The van der Waals surface area contributed by atoms with Crippen molar-refractivity contribution in [2.75, 3.05) is 6.54 Å². The summed E-state index contributed by atoms with van der Waals surface area (Å²) in [5.41, 5.74) is 1.86. The third-order valence-electron chi connectivity index (χ3n) is 3.06. The SMILES string of the molecule is C=C(C)CNC(=O)C1(c2ccccc2)CC1. The molecular weight excluding hydrogens is 198 g/mol. The maximum absolute atomic E-state index is 12.1. The highest BCUT2D eigenvalue weighted by Gasteiger charge is 2.50. The standard InChI is InChI=1S/C14H17NO/c1-11(2)10-15-13(16)14(8-9-14)12-6-4-3-5-7-12/h3-7H,1,8-10H2,2H3,(H,15,16). The topological polar surface area (TPSA) is 29.1 Å². The van der Waals surface area contributed by atoms with Crippen molar-refractivity contribution < 1.29 is 4.79 Å². The summed E-state index contributed by atoms with van der Waals surface area (Å²) in [6, 6.07) is 10.0. The molecule has 2 nitrogen and oxygen atoms in total. The van der Waals surface area contributed by atoms with Gasteiger partial charge in [-0.15, -0.1) is 0 Å². The number of rotatable bonds is 4. The van der Waals surface area contributed by atoms with Crippen molar-refractivity contribution in [1.29, 1.82) is 0 Å². The number of amides is 1. The van der Waals surface area contributed by atoms with Crippen molar-refractivity contribution in [3.8, 4) is 0 Å². The average Bonchev–Trinajstić information content (AvgIpc) is 3.08. The number of hydrogen-bond acceptors (Lipinski definition) is 1. The van der Waals surface area contributed by atoms with E-state index in [1.807, 2.05) is 37.3 Å². The van der Waals surface area contributed by atoms with Crippen LogP contribution in [-0.2, 0) is 10.2 Å². The Hall–Kier alpha value is -1.57. The summed E-state index contributed by atoms with van der Waals surface area (Å²) in [6.45, 7) is 6.28. The maximum Gasteiger partial charge on any atom is 0.230 e. The quantitative estimate of drug-likeness (QED) is 0.768. The lowest BCUT2D eigenvalue weighted by atomic mass is 9.95. The van der Waals surface area contributed by atoms with E-state index in [0.29, 0.717) is 6.54 Å². The molecule has 1 amide bonds. The van der Waals surface area contributed by atoms with Gasteiger partial charge in [0, 0.05) is 6.54 Å². The van der Waals surface area contributed by atoms with E-state index in [1.165, 1.54) is 0 Å². The molecule has 0 aromatic heterocycles. The van der Waals surface area contributed by atoms with E-state index in [1.54, 1.807) is 0 Å². The molecule has 1 aromatic rings. The molecule has 1 aliphatic carbocycles. The Bertz CT molecular complexity index is 404. The molecule has 1 N–H and O–H groups in total. The lowest BCUT2D eigenvalue weighted by Crippen LogP contribution is -2.35. The largest absolute Gasteiger partial charge is 0.352 e. The highest BCUT2D eigenvalue weighted by atomic mass is 16.2. The van der Waals surface area contributed by atoms with Gasteiger partial charge in [-0.05, 0) is 25.3 Å². The van der Waals surface area contributed by atoms with Crippen LogP contribution in [0.5, 0.6) is 0 Å². The molecule has 0 atom stereocenters. The molecule has 2 rings (SSSR count). The molecule has 0 unspecified atom stereocenters. The highest BCUT2D eigenvalue weighted by Crippen LogP contribution is 2.48. The normalized spacial score (nSPS) is 16.6. The Morgan fingerprint density at radius 2 is 2.00 bits per heavy atom. The molecule has 0 bridgehead atoms. The van der Waals surface area contributed by atoms with Gasteiger partial charge in [-0.25, -0.2) is 0 Å². The third kappa shape index (κ3) is 2.01. The predicted molar refractivity (Wildman–Crippen MR) is 65.2 cm³/mol. The van der Waals surface area contributed by atoms with Gasteiger partial charge in [-0.1, -0.05) is 42.5 Å². The summed E-state index contributed by atoms with van der Waals surface area (Å²) in [7, 11) is 0. The Kier molecular flexibility index (Phi) is 2.82. The van der Waals surface area contributed by atoms with Gasteiger partial charge in [0.15, 0.2) is 0 Å². The minimum atomic E-state index is -0.253. The van der Waals surface area contributed by atoms with Crippen molar-refractivity contribution in [3.63, 3.8) is 0 Å².